The molecule has 0 saturated heterocycles. The number of anilines is 1. The number of halogens is 1. The van der Waals surface area contributed by atoms with Gasteiger partial charge in [0.15, 0.2) is 0 Å². The normalized spacial score (nSPS) is 13.1. The fourth-order valence-corrected chi connectivity index (χ4v) is 3.54. The molecule has 0 aromatic carbocycles. The smallest absolute Gasteiger partial charge is 0.327 e. The number of hydrogen-bond donors (Lipinski definition) is 2. The molecule has 6 heteroatoms. The third-order valence-corrected chi connectivity index (χ3v) is 5.28. The van der Waals surface area contributed by atoms with Gasteiger partial charge in [-0.2, -0.15) is 11.8 Å². The van der Waals surface area contributed by atoms with Crippen molar-refractivity contribution in [2.45, 2.75) is 59.4 Å². The van der Waals surface area contributed by atoms with Gasteiger partial charge in [0.05, 0.1) is 6.20 Å². The third kappa shape index (κ3) is 12.2. The SMILES string of the molecule is CC(C)=CCC/C(C)=C/CC/C(C)=C/CSCC(Nc1ccc(F)cn1)C(=O)O. The number of rotatable bonds is 13. The average Bonchev–Trinajstić information content (AvgIpc) is 2.65. The fraction of sp³-hybridized carbons (Fsp3) is 0.478. The quantitative estimate of drug-likeness (QED) is 0.292. The third-order valence-electron chi connectivity index (χ3n) is 4.30. The van der Waals surface area contributed by atoms with Crippen LogP contribution in [0.5, 0.6) is 0 Å². The summed E-state index contributed by atoms with van der Waals surface area (Å²) in [6.07, 6.45) is 12.1. The van der Waals surface area contributed by atoms with Crippen molar-refractivity contribution in [3.63, 3.8) is 0 Å². The maximum atomic E-state index is 12.9. The summed E-state index contributed by atoms with van der Waals surface area (Å²) in [7, 11) is 0. The number of nitrogens with one attached hydrogen (secondary N) is 1. The molecule has 0 amide bonds. The van der Waals surface area contributed by atoms with E-state index in [1.807, 2.05) is 0 Å². The molecule has 1 unspecified atom stereocenters. The maximum Gasteiger partial charge on any atom is 0.327 e. The molecule has 1 rings (SSSR count). The standard InChI is InChI=1S/C23H33FN2O2S/c1-17(2)7-5-8-18(3)9-6-10-19(4)13-14-29-16-21(23(27)28)26-22-12-11-20(24)15-25-22/h7,9,11-13,15,21H,5-6,8,10,14,16H2,1-4H3,(H,25,26)(H,27,28)/b18-9+,19-13+. The lowest BCUT2D eigenvalue weighted by atomic mass is 10.1. The predicted molar refractivity (Wildman–Crippen MR) is 122 cm³/mol. The summed E-state index contributed by atoms with van der Waals surface area (Å²) in [4.78, 5) is 15.3. The Hall–Kier alpha value is -2.08. The van der Waals surface area contributed by atoms with Gasteiger partial charge in [0.2, 0.25) is 0 Å². The van der Waals surface area contributed by atoms with Crippen LogP contribution < -0.4 is 5.32 Å². The van der Waals surface area contributed by atoms with Gasteiger partial charge in [0.1, 0.15) is 17.7 Å². The van der Waals surface area contributed by atoms with Crippen LogP contribution in [0.3, 0.4) is 0 Å². The number of nitrogens with zero attached hydrogens (tertiary/aromatic N) is 1. The Morgan fingerprint density at radius 1 is 1.14 bits per heavy atom. The number of pyridine rings is 1. The van der Waals surface area contributed by atoms with Crippen LogP contribution in [0.25, 0.3) is 0 Å². The van der Waals surface area contributed by atoms with Gasteiger partial charge in [-0.25, -0.2) is 14.2 Å². The second-order valence-corrected chi connectivity index (χ2v) is 8.47. The van der Waals surface area contributed by atoms with Crippen LogP contribution in [0.2, 0.25) is 0 Å². The van der Waals surface area contributed by atoms with Crippen LogP contribution in [-0.4, -0.2) is 33.6 Å². The lowest BCUT2D eigenvalue weighted by Gasteiger charge is -2.14. The van der Waals surface area contributed by atoms with E-state index in [1.54, 1.807) is 11.8 Å². The molecule has 0 radical (unpaired) electrons. The van der Waals surface area contributed by atoms with E-state index >= 15 is 0 Å². The Labute approximate surface area is 178 Å². The number of carboxylic acids is 1. The Kier molecular flexibility index (Phi) is 12.0. The summed E-state index contributed by atoms with van der Waals surface area (Å²) >= 11 is 1.55. The molecule has 1 heterocycles. The van der Waals surface area contributed by atoms with E-state index in [0.29, 0.717) is 11.6 Å². The van der Waals surface area contributed by atoms with Crippen LogP contribution >= 0.6 is 11.8 Å². The lowest BCUT2D eigenvalue weighted by Crippen LogP contribution is -2.32. The number of hydrogen-bond acceptors (Lipinski definition) is 4. The molecule has 0 spiro atoms. The number of allylic oxidation sites excluding steroid dienone is 5. The van der Waals surface area contributed by atoms with Gasteiger partial charge < -0.3 is 10.4 Å². The first kappa shape index (κ1) is 25.0. The molecule has 0 bridgehead atoms. The van der Waals surface area contributed by atoms with Crippen LogP contribution in [0, 0.1) is 5.82 Å². The van der Waals surface area contributed by atoms with Crippen molar-refractivity contribution in [1.29, 1.82) is 0 Å². The van der Waals surface area contributed by atoms with Crippen molar-refractivity contribution in [2.75, 3.05) is 16.8 Å². The highest BCUT2D eigenvalue weighted by atomic mass is 32.2. The number of thioether (sulfide) groups is 1. The van der Waals surface area contributed by atoms with E-state index in [2.05, 4.69) is 56.2 Å². The number of aromatic nitrogens is 1. The first-order chi connectivity index (χ1) is 13.8. The fourth-order valence-electron chi connectivity index (χ4n) is 2.54. The molecular formula is C23H33FN2O2S. The van der Waals surface area contributed by atoms with E-state index in [0.717, 1.165) is 37.6 Å². The average molecular weight is 421 g/mol. The molecule has 0 aliphatic rings. The number of aliphatic carboxylic acids is 1. The minimum atomic E-state index is -0.946. The molecular weight excluding hydrogens is 387 g/mol. The van der Waals surface area contributed by atoms with Crippen molar-refractivity contribution in [3.8, 4) is 0 Å². The minimum Gasteiger partial charge on any atom is -0.480 e. The van der Waals surface area contributed by atoms with Crippen LogP contribution in [0.15, 0.2) is 53.3 Å². The molecule has 1 aromatic heterocycles. The van der Waals surface area contributed by atoms with Gasteiger partial charge in [-0.15, -0.1) is 0 Å². The molecule has 160 valence electrons. The monoisotopic (exact) mass is 420 g/mol. The van der Waals surface area contributed by atoms with E-state index < -0.39 is 17.8 Å². The zero-order valence-electron chi connectivity index (χ0n) is 17.9. The van der Waals surface area contributed by atoms with Crippen molar-refractivity contribution in [2.24, 2.45) is 0 Å². The van der Waals surface area contributed by atoms with Crippen LogP contribution in [0.1, 0.15) is 53.4 Å². The highest BCUT2D eigenvalue weighted by Gasteiger charge is 2.17. The summed E-state index contributed by atoms with van der Waals surface area (Å²) < 4.78 is 12.9. The zero-order valence-corrected chi connectivity index (χ0v) is 18.7. The van der Waals surface area contributed by atoms with E-state index in [1.165, 1.54) is 28.9 Å². The Bertz CT molecular complexity index is 723. The van der Waals surface area contributed by atoms with Crippen LogP contribution in [-0.2, 0) is 4.79 Å². The van der Waals surface area contributed by atoms with E-state index in [4.69, 9.17) is 0 Å². The second kappa shape index (κ2) is 14.0. The van der Waals surface area contributed by atoms with E-state index in [-0.39, 0.29) is 0 Å². The Morgan fingerprint density at radius 3 is 2.38 bits per heavy atom. The maximum absolute atomic E-state index is 12.9. The van der Waals surface area contributed by atoms with Gasteiger partial charge in [-0.05, 0) is 65.5 Å². The topological polar surface area (TPSA) is 62.2 Å². The van der Waals surface area contributed by atoms with Crippen molar-refractivity contribution in [3.05, 3.63) is 59.1 Å². The predicted octanol–water partition coefficient (Wildman–Crippen LogP) is 6.24. The molecule has 1 aromatic rings. The van der Waals surface area contributed by atoms with Gasteiger partial charge in [-0.1, -0.05) is 34.9 Å². The molecule has 0 aliphatic heterocycles. The summed E-state index contributed by atoms with van der Waals surface area (Å²) in [5.74, 6) is 0.130. The number of carboxylic acid groups (broad SMARTS) is 1. The molecule has 1 atom stereocenters. The van der Waals surface area contributed by atoms with Crippen molar-refractivity contribution >= 4 is 23.5 Å². The number of carbonyl (C=O) groups is 1. The zero-order chi connectivity index (χ0) is 21.6. The minimum absolute atomic E-state index is 0.359. The Morgan fingerprint density at radius 2 is 1.79 bits per heavy atom. The first-order valence-electron chi connectivity index (χ1n) is 9.91. The molecule has 0 fully saturated rings. The largest absolute Gasteiger partial charge is 0.480 e. The van der Waals surface area contributed by atoms with E-state index in [9.17, 15) is 14.3 Å². The summed E-state index contributed by atoms with van der Waals surface area (Å²) in [5.41, 5.74) is 4.10. The summed E-state index contributed by atoms with van der Waals surface area (Å²) in [5, 5.41) is 12.2. The molecule has 2 N–H and O–H groups in total. The summed E-state index contributed by atoms with van der Waals surface area (Å²) in [6.45, 7) is 8.55. The lowest BCUT2D eigenvalue weighted by molar-refractivity contribution is -0.137. The molecule has 29 heavy (non-hydrogen) atoms. The first-order valence-corrected chi connectivity index (χ1v) is 11.1. The van der Waals surface area contributed by atoms with Crippen molar-refractivity contribution < 1.29 is 14.3 Å². The van der Waals surface area contributed by atoms with Crippen LogP contribution in [0.4, 0.5) is 10.2 Å². The van der Waals surface area contributed by atoms with Gasteiger partial charge in [-0.3, -0.25) is 0 Å². The molecule has 4 nitrogen and oxygen atoms in total. The highest BCUT2D eigenvalue weighted by Crippen LogP contribution is 2.14. The van der Waals surface area contributed by atoms with Gasteiger partial charge in [0, 0.05) is 11.5 Å². The molecule has 0 saturated carbocycles. The van der Waals surface area contributed by atoms with Gasteiger partial charge >= 0.3 is 5.97 Å². The second-order valence-electron chi connectivity index (χ2n) is 7.39. The Balaban J connectivity index is 2.33. The summed E-state index contributed by atoms with van der Waals surface area (Å²) in [6, 6.07) is 1.93. The van der Waals surface area contributed by atoms with Gasteiger partial charge in [0.25, 0.3) is 0 Å². The highest BCUT2D eigenvalue weighted by molar-refractivity contribution is 7.99. The molecule has 0 aliphatic carbocycles. The van der Waals surface area contributed by atoms with Crippen molar-refractivity contribution in [1.82, 2.24) is 4.98 Å².